The third-order valence-electron chi connectivity index (χ3n) is 6.41. The lowest BCUT2D eigenvalue weighted by Crippen LogP contribution is -2.47. The number of esters is 1. The fourth-order valence-corrected chi connectivity index (χ4v) is 4.28. The predicted octanol–water partition coefficient (Wildman–Crippen LogP) is 5.56. The number of ketones is 1. The van der Waals surface area contributed by atoms with Crippen molar-refractivity contribution in [2.75, 3.05) is 6.54 Å². The van der Waals surface area contributed by atoms with Crippen molar-refractivity contribution in [1.82, 2.24) is 4.90 Å². The average Bonchev–Trinajstić information content (AvgIpc) is 2.88. The van der Waals surface area contributed by atoms with Crippen LogP contribution < -0.4 is 4.74 Å². The normalized spacial score (nSPS) is 16.5. The maximum atomic E-state index is 13.1. The summed E-state index contributed by atoms with van der Waals surface area (Å²) in [5, 5.41) is 0. The molecule has 0 aliphatic heterocycles. The van der Waals surface area contributed by atoms with Crippen LogP contribution in [-0.4, -0.2) is 29.1 Å². The zero-order chi connectivity index (χ0) is 25.3. The third kappa shape index (κ3) is 6.39. The topological polar surface area (TPSA) is 72.9 Å². The number of carbonyl (C=O) groups excluding carboxylic acids is 3. The largest absolute Gasteiger partial charge is 0.461 e. The van der Waals surface area contributed by atoms with Gasteiger partial charge in [-0.3, -0.25) is 14.4 Å². The number of nitrogens with zero attached hydrogens (tertiary/aromatic N) is 1. The molecule has 1 saturated carbocycles. The van der Waals surface area contributed by atoms with Gasteiger partial charge >= 0.3 is 5.97 Å². The molecule has 3 aromatic rings. The highest BCUT2D eigenvalue weighted by atomic mass is 16.5. The Kier molecular flexibility index (Phi) is 8.50. The fourth-order valence-electron chi connectivity index (χ4n) is 4.28. The van der Waals surface area contributed by atoms with Crippen LogP contribution in [0.15, 0.2) is 84.9 Å². The molecule has 0 aromatic heterocycles. The highest BCUT2D eigenvalue weighted by Crippen LogP contribution is 2.36. The highest BCUT2D eigenvalue weighted by Gasteiger charge is 2.45. The molecule has 1 aliphatic rings. The maximum absolute atomic E-state index is 13.1. The summed E-state index contributed by atoms with van der Waals surface area (Å²) in [6, 6.07) is 26.4. The molecule has 0 bridgehead atoms. The first-order chi connectivity index (χ1) is 17.5. The molecule has 1 fully saturated rings. The predicted molar refractivity (Wildman–Crippen MR) is 136 cm³/mol. The van der Waals surface area contributed by atoms with Gasteiger partial charge in [0.25, 0.3) is 5.91 Å². The van der Waals surface area contributed by atoms with Crippen LogP contribution in [0.5, 0.6) is 11.5 Å². The van der Waals surface area contributed by atoms with Gasteiger partial charge in [0.2, 0.25) is 5.78 Å². The van der Waals surface area contributed by atoms with Crippen molar-refractivity contribution < 1.29 is 23.9 Å². The second-order valence-corrected chi connectivity index (χ2v) is 9.03. The Morgan fingerprint density at radius 3 is 2.00 bits per heavy atom. The first kappa shape index (κ1) is 25.2. The first-order valence-electron chi connectivity index (χ1n) is 12.4. The summed E-state index contributed by atoms with van der Waals surface area (Å²) in [4.78, 5) is 40.3. The molecule has 0 spiro atoms. The summed E-state index contributed by atoms with van der Waals surface area (Å²) in [6.07, 6.45) is 1.82. The van der Waals surface area contributed by atoms with Crippen LogP contribution in [0.2, 0.25) is 0 Å². The lowest BCUT2D eigenvalue weighted by atomic mass is 9.71. The van der Waals surface area contributed by atoms with E-state index in [1.165, 1.54) is 0 Å². The zero-order valence-corrected chi connectivity index (χ0v) is 20.5. The number of carbonyl (C=O) groups is 3. The van der Waals surface area contributed by atoms with Crippen LogP contribution in [0.3, 0.4) is 0 Å². The Labute approximate surface area is 211 Å². The van der Waals surface area contributed by atoms with E-state index in [1.807, 2.05) is 91.9 Å². The molecule has 2 unspecified atom stereocenters. The van der Waals surface area contributed by atoms with E-state index >= 15 is 0 Å². The summed E-state index contributed by atoms with van der Waals surface area (Å²) < 4.78 is 11.3. The Morgan fingerprint density at radius 1 is 0.778 bits per heavy atom. The number of ether oxygens (including phenoxy) is 2. The molecule has 4 rings (SSSR count). The van der Waals surface area contributed by atoms with Crippen LogP contribution >= 0.6 is 0 Å². The van der Waals surface area contributed by atoms with E-state index in [9.17, 15) is 14.4 Å². The number of hydrogen-bond donors (Lipinski definition) is 0. The molecular formula is C30H31NO5. The lowest BCUT2D eigenvalue weighted by Gasteiger charge is -2.34. The van der Waals surface area contributed by atoms with Gasteiger partial charge in [-0.15, -0.1) is 0 Å². The van der Waals surface area contributed by atoms with Crippen molar-refractivity contribution in [2.45, 2.75) is 39.3 Å². The molecule has 2 atom stereocenters. The van der Waals surface area contributed by atoms with E-state index in [0.717, 1.165) is 23.3 Å². The number of Topliss-reactive ketones (excluding diaryl/α,β-unsaturated/α-hetero) is 1. The number of hydrogen-bond acceptors (Lipinski definition) is 5. The second kappa shape index (κ2) is 12.2. The minimum Gasteiger partial charge on any atom is -0.461 e. The Morgan fingerprint density at radius 2 is 1.39 bits per heavy atom. The minimum absolute atomic E-state index is 0.164. The van der Waals surface area contributed by atoms with Crippen molar-refractivity contribution in [3.05, 3.63) is 96.1 Å². The third-order valence-corrected chi connectivity index (χ3v) is 6.41. The van der Waals surface area contributed by atoms with Crippen LogP contribution in [0, 0.1) is 11.8 Å². The molecule has 0 heterocycles. The summed E-state index contributed by atoms with van der Waals surface area (Å²) in [6.45, 7) is 2.91. The smallest absolute Gasteiger partial charge is 0.310 e. The standard InChI is InChI=1S/C30H31NO5/c1-2-19-31(20-22-13-15-25(16-14-22)36-24-11-7-4-8-12-24)29(33)28(32)26-17-18-27(26)30(34)35-21-23-9-5-3-6-10-23/h3-16,26-27H,2,17-21H2,1H3. The van der Waals surface area contributed by atoms with Gasteiger partial charge in [0, 0.05) is 19.0 Å². The van der Waals surface area contributed by atoms with Crippen LogP contribution in [0.4, 0.5) is 0 Å². The highest BCUT2D eigenvalue weighted by molar-refractivity contribution is 6.37. The Hall–Kier alpha value is -3.93. The van der Waals surface area contributed by atoms with Crippen molar-refractivity contribution >= 4 is 17.7 Å². The van der Waals surface area contributed by atoms with Gasteiger partial charge in [-0.25, -0.2) is 0 Å². The molecule has 0 radical (unpaired) electrons. The van der Waals surface area contributed by atoms with E-state index in [2.05, 4.69) is 0 Å². The molecule has 36 heavy (non-hydrogen) atoms. The molecule has 6 nitrogen and oxygen atoms in total. The van der Waals surface area contributed by atoms with Crippen molar-refractivity contribution in [2.24, 2.45) is 11.8 Å². The van der Waals surface area contributed by atoms with Crippen LogP contribution in [0.1, 0.15) is 37.3 Å². The molecule has 1 aliphatic carbocycles. The summed E-state index contributed by atoms with van der Waals surface area (Å²) in [5.74, 6) is -1.17. The number of rotatable bonds is 11. The Bertz CT molecular complexity index is 1160. The van der Waals surface area contributed by atoms with Gasteiger partial charge in [-0.2, -0.15) is 0 Å². The number of amides is 1. The maximum Gasteiger partial charge on any atom is 0.310 e. The van der Waals surface area contributed by atoms with Crippen molar-refractivity contribution in [1.29, 1.82) is 0 Å². The number of benzene rings is 3. The second-order valence-electron chi connectivity index (χ2n) is 9.03. The van der Waals surface area contributed by atoms with Gasteiger partial charge in [0.15, 0.2) is 0 Å². The van der Waals surface area contributed by atoms with E-state index in [-0.39, 0.29) is 6.61 Å². The molecule has 3 aromatic carbocycles. The van der Waals surface area contributed by atoms with Crippen LogP contribution in [0.25, 0.3) is 0 Å². The summed E-state index contributed by atoms with van der Waals surface area (Å²) in [7, 11) is 0. The molecule has 0 N–H and O–H groups in total. The lowest BCUT2D eigenvalue weighted by molar-refractivity contribution is -0.162. The first-order valence-corrected chi connectivity index (χ1v) is 12.4. The quantitative estimate of drug-likeness (QED) is 0.263. The molecule has 6 heteroatoms. The van der Waals surface area contributed by atoms with Gasteiger partial charge < -0.3 is 14.4 Å². The van der Waals surface area contributed by atoms with Crippen molar-refractivity contribution in [3.63, 3.8) is 0 Å². The van der Waals surface area contributed by atoms with E-state index in [1.54, 1.807) is 4.90 Å². The summed E-state index contributed by atoms with van der Waals surface area (Å²) in [5.41, 5.74) is 1.79. The molecule has 1 amide bonds. The van der Waals surface area contributed by atoms with Gasteiger partial charge in [-0.1, -0.05) is 67.6 Å². The van der Waals surface area contributed by atoms with E-state index < -0.39 is 29.5 Å². The molecular weight excluding hydrogens is 454 g/mol. The SMILES string of the molecule is CCCN(Cc1ccc(Oc2ccccc2)cc1)C(=O)C(=O)C1CCC1C(=O)OCc1ccccc1. The average molecular weight is 486 g/mol. The fraction of sp³-hybridized carbons (Fsp3) is 0.300. The van der Waals surface area contributed by atoms with Gasteiger partial charge in [0.05, 0.1) is 5.92 Å². The number of para-hydroxylation sites is 1. The van der Waals surface area contributed by atoms with Gasteiger partial charge in [-0.05, 0) is 54.7 Å². The van der Waals surface area contributed by atoms with E-state index in [4.69, 9.17) is 9.47 Å². The Balaban J connectivity index is 1.34. The zero-order valence-electron chi connectivity index (χ0n) is 20.5. The van der Waals surface area contributed by atoms with Gasteiger partial charge in [0.1, 0.15) is 18.1 Å². The van der Waals surface area contributed by atoms with E-state index in [0.29, 0.717) is 31.7 Å². The van der Waals surface area contributed by atoms with Crippen molar-refractivity contribution in [3.8, 4) is 11.5 Å². The molecule has 0 saturated heterocycles. The molecule has 186 valence electrons. The van der Waals surface area contributed by atoms with Crippen LogP contribution in [-0.2, 0) is 32.3 Å². The monoisotopic (exact) mass is 485 g/mol. The summed E-state index contributed by atoms with van der Waals surface area (Å²) >= 11 is 0. The minimum atomic E-state index is -0.609.